The molecule has 0 radical (unpaired) electrons. The Bertz CT molecular complexity index is 1020. The third-order valence-electron chi connectivity index (χ3n) is 8.04. The van der Waals surface area contributed by atoms with Gasteiger partial charge in [-0.15, -0.1) is 0 Å². The Balaban J connectivity index is 1.33. The van der Waals surface area contributed by atoms with Crippen LogP contribution in [0.5, 0.6) is 0 Å². The quantitative estimate of drug-likeness (QED) is 0.631. The smallest absolute Gasteiger partial charge is 0.231 e. The predicted octanol–water partition coefficient (Wildman–Crippen LogP) is 3.46. The number of carbonyl (C=O) groups is 1. The molecule has 2 aromatic rings. The zero-order chi connectivity index (χ0) is 24.4. The van der Waals surface area contributed by atoms with Gasteiger partial charge in [-0.25, -0.2) is 9.97 Å². The Kier molecular flexibility index (Phi) is 7.56. The Morgan fingerprint density at radius 3 is 2.63 bits per heavy atom. The van der Waals surface area contributed by atoms with E-state index < -0.39 is 0 Å². The summed E-state index contributed by atoms with van der Waals surface area (Å²) in [5.74, 6) is 1.53. The van der Waals surface area contributed by atoms with E-state index in [2.05, 4.69) is 26.7 Å². The highest BCUT2D eigenvalue weighted by Crippen LogP contribution is 2.38. The van der Waals surface area contributed by atoms with Crippen LogP contribution in [-0.2, 0) is 11.2 Å². The Morgan fingerprint density at radius 1 is 1.11 bits per heavy atom. The number of amides is 1. The first-order valence-electron chi connectivity index (χ1n) is 13.0. The molecule has 7 nitrogen and oxygen atoms in total. The maximum absolute atomic E-state index is 14.0. The van der Waals surface area contributed by atoms with Crippen molar-refractivity contribution in [3.05, 3.63) is 52.4 Å². The molecule has 2 aliphatic heterocycles. The van der Waals surface area contributed by atoms with Crippen molar-refractivity contribution in [3.8, 4) is 0 Å². The maximum atomic E-state index is 14.0. The molecule has 0 bridgehead atoms. The summed E-state index contributed by atoms with van der Waals surface area (Å²) in [4.78, 5) is 30.0. The lowest BCUT2D eigenvalue weighted by Gasteiger charge is -2.40. The van der Waals surface area contributed by atoms with Crippen molar-refractivity contribution in [2.24, 2.45) is 0 Å². The summed E-state index contributed by atoms with van der Waals surface area (Å²) in [6.45, 7) is 7.20. The van der Waals surface area contributed by atoms with E-state index in [1.165, 1.54) is 11.3 Å². The zero-order valence-corrected chi connectivity index (χ0v) is 21.3. The number of rotatable bonds is 7. The average Bonchev–Trinajstić information content (AvgIpc) is 3.50. The van der Waals surface area contributed by atoms with Crippen molar-refractivity contribution in [1.82, 2.24) is 19.8 Å². The van der Waals surface area contributed by atoms with E-state index in [1.54, 1.807) is 6.33 Å². The van der Waals surface area contributed by atoms with E-state index in [1.807, 2.05) is 29.2 Å². The fourth-order valence-corrected chi connectivity index (χ4v) is 6.32. The molecule has 2 saturated heterocycles. The fourth-order valence-electron chi connectivity index (χ4n) is 6.19. The molecule has 1 aromatic heterocycles. The SMILES string of the molecule is CC1CCc2ncnc(N3CCN(C(=O)C(c4ccc(Cl)cc4)C4CCCN4CCCO)CC3)c21. The molecule has 1 aromatic carbocycles. The summed E-state index contributed by atoms with van der Waals surface area (Å²) in [5, 5.41) is 10.1. The van der Waals surface area contributed by atoms with Crippen molar-refractivity contribution in [1.29, 1.82) is 0 Å². The molecule has 2 fully saturated rings. The largest absolute Gasteiger partial charge is 0.396 e. The van der Waals surface area contributed by atoms with Crippen LogP contribution < -0.4 is 4.90 Å². The van der Waals surface area contributed by atoms with Crippen LogP contribution >= 0.6 is 11.6 Å². The van der Waals surface area contributed by atoms with Crippen LogP contribution in [0.3, 0.4) is 0 Å². The minimum absolute atomic E-state index is 0.152. The van der Waals surface area contributed by atoms with Crippen LogP contribution in [0.1, 0.15) is 61.3 Å². The number of anilines is 1. The van der Waals surface area contributed by atoms with Gasteiger partial charge < -0.3 is 14.9 Å². The monoisotopic (exact) mass is 497 g/mol. The third-order valence-corrected chi connectivity index (χ3v) is 8.29. The molecule has 3 heterocycles. The van der Waals surface area contributed by atoms with E-state index >= 15 is 0 Å². The Hall–Kier alpha value is -2.22. The number of carbonyl (C=O) groups excluding carboxylic acids is 1. The minimum atomic E-state index is -0.219. The average molecular weight is 498 g/mol. The lowest BCUT2D eigenvalue weighted by Crippen LogP contribution is -2.52. The van der Waals surface area contributed by atoms with Crippen molar-refractivity contribution in [3.63, 3.8) is 0 Å². The highest BCUT2D eigenvalue weighted by atomic mass is 35.5. The maximum Gasteiger partial charge on any atom is 0.231 e. The van der Waals surface area contributed by atoms with E-state index in [0.717, 1.165) is 69.7 Å². The zero-order valence-electron chi connectivity index (χ0n) is 20.6. The van der Waals surface area contributed by atoms with Gasteiger partial charge in [0.15, 0.2) is 0 Å². The van der Waals surface area contributed by atoms with Crippen LogP contribution in [0.15, 0.2) is 30.6 Å². The second-order valence-electron chi connectivity index (χ2n) is 10.2. The summed E-state index contributed by atoms with van der Waals surface area (Å²) in [6.07, 6.45) is 6.67. The summed E-state index contributed by atoms with van der Waals surface area (Å²) >= 11 is 6.18. The van der Waals surface area contributed by atoms with Crippen molar-refractivity contribution in [2.75, 3.05) is 50.8 Å². The van der Waals surface area contributed by atoms with Gasteiger partial charge in [-0.2, -0.15) is 0 Å². The van der Waals surface area contributed by atoms with Crippen LogP contribution in [0, 0.1) is 0 Å². The molecule has 3 aliphatic rings. The molecule has 1 N–H and O–H groups in total. The van der Waals surface area contributed by atoms with Gasteiger partial charge in [-0.3, -0.25) is 9.69 Å². The first-order chi connectivity index (χ1) is 17.1. The third kappa shape index (κ3) is 5.04. The highest BCUT2D eigenvalue weighted by molar-refractivity contribution is 6.30. The molecule has 8 heteroatoms. The van der Waals surface area contributed by atoms with E-state index in [4.69, 9.17) is 11.6 Å². The number of hydrogen-bond donors (Lipinski definition) is 1. The van der Waals surface area contributed by atoms with Gasteiger partial charge in [-0.05, 0) is 62.3 Å². The van der Waals surface area contributed by atoms with Gasteiger partial charge in [0.2, 0.25) is 5.91 Å². The molecule has 0 saturated carbocycles. The summed E-state index contributed by atoms with van der Waals surface area (Å²) < 4.78 is 0. The van der Waals surface area contributed by atoms with E-state index in [-0.39, 0.29) is 24.5 Å². The fraction of sp³-hybridized carbons (Fsp3) is 0.593. The second-order valence-corrected chi connectivity index (χ2v) is 10.6. The number of aliphatic hydroxyl groups is 1. The molecular formula is C27H36ClN5O2. The number of hydrogen-bond acceptors (Lipinski definition) is 6. The molecule has 5 rings (SSSR count). The molecule has 3 atom stereocenters. The number of aryl methyl sites for hydroxylation is 1. The molecule has 1 aliphatic carbocycles. The summed E-state index contributed by atoms with van der Waals surface area (Å²) in [6, 6.07) is 7.95. The van der Waals surface area contributed by atoms with Crippen molar-refractivity contribution < 1.29 is 9.90 Å². The molecule has 188 valence electrons. The number of piperazine rings is 1. The molecule has 0 spiro atoms. The normalized spacial score (nSPS) is 23.5. The predicted molar refractivity (Wildman–Crippen MR) is 138 cm³/mol. The van der Waals surface area contributed by atoms with Crippen LogP contribution in [0.4, 0.5) is 5.82 Å². The lowest BCUT2D eigenvalue weighted by molar-refractivity contribution is -0.134. The molecule has 1 amide bonds. The standard InChI is InChI=1S/C27H36ClN5O2/c1-19-5-10-22-24(19)26(30-18-29-22)32-13-15-33(16-14-32)27(35)25(20-6-8-21(28)9-7-20)23-4-2-11-31(23)12-3-17-34/h6-9,18-19,23,25,34H,2-5,10-17H2,1H3. The summed E-state index contributed by atoms with van der Waals surface area (Å²) in [7, 11) is 0. The van der Waals surface area contributed by atoms with Crippen molar-refractivity contribution in [2.45, 2.75) is 56.9 Å². The Labute approximate surface area is 213 Å². The number of likely N-dealkylation sites (tertiary alicyclic amines) is 1. The summed E-state index contributed by atoms with van der Waals surface area (Å²) in [5.41, 5.74) is 3.52. The molecular weight excluding hydrogens is 462 g/mol. The number of benzene rings is 1. The van der Waals surface area contributed by atoms with Gasteiger partial charge in [0.25, 0.3) is 0 Å². The van der Waals surface area contributed by atoms with Gasteiger partial charge in [0, 0.05) is 61.7 Å². The van der Waals surface area contributed by atoms with Gasteiger partial charge in [0.05, 0.1) is 5.92 Å². The van der Waals surface area contributed by atoms with Gasteiger partial charge in [0.1, 0.15) is 12.1 Å². The first-order valence-corrected chi connectivity index (χ1v) is 13.4. The lowest BCUT2D eigenvalue weighted by atomic mass is 9.88. The highest BCUT2D eigenvalue weighted by Gasteiger charge is 2.39. The number of nitrogens with zero attached hydrogens (tertiary/aromatic N) is 5. The number of halogens is 1. The van der Waals surface area contributed by atoms with Crippen LogP contribution in [0.25, 0.3) is 0 Å². The second kappa shape index (κ2) is 10.8. The number of aliphatic hydroxyl groups excluding tert-OH is 1. The van der Waals surface area contributed by atoms with E-state index in [0.29, 0.717) is 24.0 Å². The minimum Gasteiger partial charge on any atom is -0.396 e. The van der Waals surface area contributed by atoms with Crippen molar-refractivity contribution >= 4 is 23.3 Å². The van der Waals surface area contributed by atoms with E-state index in [9.17, 15) is 9.90 Å². The number of aromatic nitrogens is 2. The van der Waals surface area contributed by atoms with Gasteiger partial charge >= 0.3 is 0 Å². The van der Waals surface area contributed by atoms with Crippen LogP contribution in [0.2, 0.25) is 5.02 Å². The van der Waals surface area contributed by atoms with Gasteiger partial charge in [-0.1, -0.05) is 30.7 Å². The van der Waals surface area contributed by atoms with Crippen LogP contribution in [-0.4, -0.2) is 82.7 Å². The molecule has 35 heavy (non-hydrogen) atoms. The topological polar surface area (TPSA) is 72.8 Å². The Morgan fingerprint density at radius 2 is 1.89 bits per heavy atom. The first kappa shape index (κ1) is 24.5. The molecule has 3 unspecified atom stereocenters. The number of fused-ring (bicyclic) bond motifs is 1.